The minimum atomic E-state index is 0.0372. The molecule has 3 unspecified atom stereocenters. The van der Waals surface area contributed by atoms with E-state index >= 15 is 0 Å². The van der Waals surface area contributed by atoms with E-state index in [9.17, 15) is 0 Å². The van der Waals surface area contributed by atoms with Crippen LogP contribution >= 0.6 is 15.9 Å². The van der Waals surface area contributed by atoms with Gasteiger partial charge in [0.25, 0.3) is 0 Å². The van der Waals surface area contributed by atoms with E-state index in [1.54, 1.807) is 7.11 Å². The van der Waals surface area contributed by atoms with Crippen LogP contribution in [0, 0.1) is 11.3 Å². The Morgan fingerprint density at radius 1 is 1.53 bits per heavy atom. The van der Waals surface area contributed by atoms with Crippen molar-refractivity contribution in [3.05, 3.63) is 28.2 Å². The molecular formula is C14H17BrN2O2. The van der Waals surface area contributed by atoms with Crippen molar-refractivity contribution in [1.82, 2.24) is 0 Å². The number of benzene rings is 1. The van der Waals surface area contributed by atoms with E-state index in [4.69, 9.17) is 14.7 Å². The van der Waals surface area contributed by atoms with Crippen LogP contribution in [0.5, 0.6) is 0 Å². The topological polar surface area (TPSA) is 54.3 Å². The zero-order chi connectivity index (χ0) is 13.8. The maximum atomic E-state index is 9.14. The van der Waals surface area contributed by atoms with Gasteiger partial charge in [-0.1, -0.05) is 15.9 Å². The lowest BCUT2D eigenvalue weighted by Gasteiger charge is -2.43. The van der Waals surface area contributed by atoms with Crippen molar-refractivity contribution in [1.29, 1.82) is 5.26 Å². The molecule has 1 N–H and O–H groups in total. The van der Waals surface area contributed by atoms with Crippen molar-refractivity contribution >= 4 is 21.6 Å². The summed E-state index contributed by atoms with van der Waals surface area (Å²) in [6.07, 6.45) is 1.08. The molecule has 0 aliphatic heterocycles. The molecule has 0 aromatic heterocycles. The SMILES string of the molecule is CCOC1CC(Nc2ccc(Br)cc2C#N)C1OC. The third-order valence-corrected chi connectivity index (χ3v) is 3.84. The van der Waals surface area contributed by atoms with Gasteiger partial charge in [0.2, 0.25) is 0 Å². The second-order valence-corrected chi connectivity index (χ2v) is 5.40. The van der Waals surface area contributed by atoms with Gasteiger partial charge in [0, 0.05) is 18.2 Å². The highest BCUT2D eigenvalue weighted by atomic mass is 79.9. The van der Waals surface area contributed by atoms with Gasteiger partial charge in [-0.15, -0.1) is 0 Å². The number of halogens is 1. The first kappa shape index (κ1) is 14.3. The number of nitrogens with zero attached hydrogens (tertiary/aromatic N) is 1. The van der Waals surface area contributed by atoms with Crippen LogP contribution in [-0.2, 0) is 9.47 Å². The molecule has 1 aliphatic rings. The Morgan fingerprint density at radius 3 is 2.95 bits per heavy atom. The number of hydrogen-bond acceptors (Lipinski definition) is 4. The maximum absolute atomic E-state index is 9.14. The van der Waals surface area contributed by atoms with E-state index in [2.05, 4.69) is 27.3 Å². The highest BCUT2D eigenvalue weighted by Crippen LogP contribution is 2.31. The summed E-state index contributed by atoms with van der Waals surface area (Å²) in [5.41, 5.74) is 1.47. The number of methoxy groups -OCH3 is 1. The second-order valence-electron chi connectivity index (χ2n) is 4.48. The van der Waals surface area contributed by atoms with Crippen LogP contribution in [0.4, 0.5) is 5.69 Å². The maximum Gasteiger partial charge on any atom is 0.103 e. The standard InChI is InChI=1S/C14H17BrN2O2/c1-3-19-13-7-12(14(13)18-2)17-11-5-4-10(15)6-9(11)8-16/h4-6,12-14,17H,3,7H2,1-2H3. The van der Waals surface area contributed by atoms with E-state index in [0.717, 1.165) is 16.6 Å². The molecule has 0 spiro atoms. The number of anilines is 1. The summed E-state index contributed by atoms with van der Waals surface area (Å²) in [7, 11) is 1.69. The number of ether oxygens (including phenoxy) is 2. The van der Waals surface area contributed by atoms with Crippen LogP contribution in [-0.4, -0.2) is 32.0 Å². The Kier molecular flexibility index (Phi) is 4.81. The van der Waals surface area contributed by atoms with Crippen LogP contribution in [0.1, 0.15) is 18.9 Å². The lowest BCUT2D eigenvalue weighted by molar-refractivity contribution is -0.118. The van der Waals surface area contributed by atoms with E-state index in [1.807, 2.05) is 25.1 Å². The first-order valence-corrected chi connectivity index (χ1v) is 7.09. The highest BCUT2D eigenvalue weighted by molar-refractivity contribution is 9.10. The number of rotatable bonds is 5. The molecule has 102 valence electrons. The first-order chi connectivity index (χ1) is 9.19. The van der Waals surface area contributed by atoms with E-state index in [1.165, 1.54) is 0 Å². The molecule has 4 nitrogen and oxygen atoms in total. The summed E-state index contributed by atoms with van der Waals surface area (Å²) < 4.78 is 11.9. The van der Waals surface area contributed by atoms with Gasteiger partial charge in [0.1, 0.15) is 12.2 Å². The molecule has 0 heterocycles. The predicted octanol–water partition coefficient (Wildman–Crippen LogP) is 2.93. The third-order valence-electron chi connectivity index (χ3n) is 3.35. The molecule has 1 aromatic carbocycles. The van der Waals surface area contributed by atoms with Crippen LogP contribution in [0.25, 0.3) is 0 Å². The fourth-order valence-electron chi connectivity index (χ4n) is 2.35. The van der Waals surface area contributed by atoms with Gasteiger partial charge < -0.3 is 14.8 Å². The summed E-state index contributed by atoms with van der Waals surface area (Å²) in [6, 6.07) is 8.02. The largest absolute Gasteiger partial charge is 0.378 e. The molecule has 5 heteroatoms. The van der Waals surface area contributed by atoms with E-state index < -0.39 is 0 Å². The molecule has 3 atom stereocenters. The van der Waals surface area contributed by atoms with Crippen molar-refractivity contribution in [3.63, 3.8) is 0 Å². The molecule has 1 aliphatic carbocycles. The van der Waals surface area contributed by atoms with E-state index in [-0.39, 0.29) is 18.2 Å². The summed E-state index contributed by atoms with van der Waals surface area (Å²) in [5, 5.41) is 12.5. The van der Waals surface area contributed by atoms with Crippen molar-refractivity contribution in [3.8, 4) is 6.07 Å². The lowest BCUT2D eigenvalue weighted by Crippen LogP contribution is -2.56. The predicted molar refractivity (Wildman–Crippen MR) is 77.1 cm³/mol. The Hall–Kier alpha value is -1.09. The Balaban J connectivity index is 2.05. The zero-order valence-corrected chi connectivity index (χ0v) is 12.6. The third kappa shape index (κ3) is 3.08. The highest BCUT2D eigenvalue weighted by Gasteiger charge is 2.42. The molecule has 1 fully saturated rings. The molecule has 1 aromatic rings. The van der Waals surface area contributed by atoms with Gasteiger partial charge in [-0.2, -0.15) is 5.26 Å². The molecule has 0 bridgehead atoms. The fourth-order valence-corrected chi connectivity index (χ4v) is 2.71. The molecule has 0 amide bonds. The Bertz CT molecular complexity index is 487. The quantitative estimate of drug-likeness (QED) is 0.904. The minimum Gasteiger partial charge on any atom is -0.378 e. The first-order valence-electron chi connectivity index (χ1n) is 6.30. The zero-order valence-electron chi connectivity index (χ0n) is 11.0. The van der Waals surface area contributed by atoms with Crippen molar-refractivity contribution in [2.45, 2.75) is 31.6 Å². The van der Waals surface area contributed by atoms with Gasteiger partial charge in [-0.25, -0.2) is 0 Å². The monoisotopic (exact) mass is 324 g/mol. The van der Waals surface area contributed by atoms with Gasteiger partial charge in [-0.3, -0.25) is 0 Å². The normalized spacial score (nSPS) is 25.5. The van der Waals surface area contributed by atoms with Crippen LogP contribution in [0.3, 0.4) is 0 Å². The van der Waals surface area contributed by atoms with Gasteiger partial charge >= 0.3 is 0 Å². The van der Waals surface area contributed by atoms with Crippen LogP contribution in [0.15, 0.2) is 22.7 Å². The Morgan fingerprint density at radius 2 is 2.32 bits per heavy atom. The van der Waals surface area contributed by atoms with E-state index in [0.29, 0.717) is 12.2 Å². The molecule has 1 saturated carbocycles. The molecule has 19 heavy (non-hydrogen) atoms. The summed E-state index contributed by atoms with van der Waals surface area (Å²) in [4.78, 5) is 0. The van der Waals surface area contributed by atoms with Crippen LogP contribution in [0.2, 0.25) is 0 Å². The molecule has 0 radical (unpaired) electrons. The van der Waals surface area contributed by atoms with Crippen molar-refractivity contribution in [2.24, 2.45) is 0 Å². The molecule has 2 rings (SSSR count). The van der Waals surface area contributed by atoms with Crippen molar-refractivity contribution in [2.75, 3.05) is 19.0 Å². The summed E-state index contributed by atoms with van der Waals surface area (Å²) in [6.45, 7) is 2.68. The lowest BCUT2D eigenvalue weighted by atomic mass is 9.85. The number of nitrogens with one attached hydrogen (secondary N) is 1. The second kappa shape index (κ2) is 6.38. The number of hydrogen-bond donors (Lipinski definition) is 1. The smallest absolute Gasteiger partial charge is 0.103 e. The molecule has 0 saturated heterocycles. The molecular weight excluding hydrogens is 308 g/mol. The average molecular weight is 325 g/mol. The average Bonchev–Trinajstić information content (AvgIpc) is 2.39. The van der Waals surface area contributed by atoms with Crippen LogP contribution < -0.4 is 5.32 Å². The van der Waals surface area contributed by atoms with Gasteiger partial charge in [-0.05, 0) is 31.5 Å². The summed E-state index contributed by atoms with van der Waals surface area (Å²) in [5.74, 6) is 0. The fraction of sp³-hybridized carbons (Fsp3) is 0.500. The number of nitriles is 1. The minimum absolute atomic E-state index is 0.0372. The van der Waals surface area contributed by atoms with Gasteiger partial charge in [0.05, 0.1) is 23.4 Å². The van der Waals surface area contributed by atoms with Gasteiger partial charge in [0.15, 0.2) is 0 Å². The Labute approximate surface area is 121 Å². The van der Waals surface area contributed by atoms with Crippen molar-refractivity contribution < 1.29 is 9.47 Å². The summed E-state index contributed by atoms with van der Waals surface area (Å²) >= 11 is 3.37.